The van der Waals surface area contributed by atoms with E-state index in [4.69, 9.17) is 4.43 Å². The Balaban J connectivity index is 4.81. The van der Waals surface area contributed by atoms with E-state index in [2.05, 4.69) is 53.4 Å². The summed E-state index contributed by atoms with van der Waals surface area (Å²) in [5, 5.41) is 9.33. The Morgan fingerprint density at radius 3 is 2.19 bits per heavy atom. The fourth-order valence-electron chi connectivity index (χ4n) is 1.21. The average molecular weight is 239 g/mol. The van der Waals surface area contributed by atoms with E-state index in [1.807, 2.05) is 6.08 Å². The maximum absolute atomic E-state index is 9.19. The van der Waals surface area contributed by atoms with Crippen molar-refractivity contribution in [3.05, 3.63) is 12.7 Å². The minimum atomic E-state index is -1.85. The third-order valence-electron chi connectivity index (χ3n) is 3.52. The molecule has 0 aliphatic heterocycles. The van der Waals surface area contributed by atoms with Gasteiger partial charge in [-0.25, -0.2) is 0 Å². The van der Waals surface area contributed by atoms with Gasteiger partial charge >= 0.3 is 0 Å². The fourth-order valence-corrected chi connectivity index (χ4v) is 2.42. The topological polar surface area (TPSA) is 33.0 Å². The molecule has 0 heterocycles. The second-order valence-corrected chi connectivity index (χ2v) is 10.5. The number of hydrogen-bond donors (Lipinski definition) is 0. The number of nitriles is 1. The summed E-state index contributed by atoms with van der Waals surface area (Å²) in [7, 11) is -1.85. The average Bonchev–Trinajstić information content (AvgIpc) is 2.16. The third-order valence-corrected chi connectivity index (χ3v) is 7.97. The Labute approximate surface area is 101 Å². The normalized spacial score (nSPS) is 16.3. The largest absolute Gasteiger partial charge is 0.401 e. The Kier molecular flexibility index (Phi) is 5.44. The summed E-state index contributed by atoms with van der Waals surface area (Å²) in [4.78, 5) is 0. The van der Waals surface area contributed by atoms with E-state index < -0.39 is 8.32 Å². The monoisotopic (exact) mass is 239 g/mol. The van der Waals surface area contributed by atoms with Gasteiger partial charge in [0.25, 0.3) is 0 Å². The molecule has 0 amide bonds. The standard InChI is InChI=1S/C13H25NOSi/c1-8-11(9-2)12(10-14)15-16(6,7)13(3,4)5/h8,11-12H,1,9H2,2-7H3/t11-,12+/m1/s1. The molecule has 0 spiro atoms. The van der Waals surface area contributed by atoms with Crippen LogP contribution >= 0.6 is 0 Å². The smallest absolute Gasteiger partial charge is 0.193 e. The van der Waals surface area contributed by atoms with Crippen LogP contribution in [-0.4, -0.2) is 14.4 Å². The quantitative estimate of drug-likeness (QED) is 0.534. The molecule has 0 aromatic carbocycles. The van der Waals surface area contributed by atoms with Crippen molar-refractivity contribution in [1.82, 2.24) is 0 Å². The third kappa shape index (κ3) is 3.77. The van der Waals surface area contributed by atoms with E-state index in [0.717, 1.165) is 6.42 Å². The van der Waals surface area contributed by atoms with Crippen LogP contribution in [0.25, 0.3) is 0 Å². The molecule has 0 aromatic heterocycles. The fraction of sp³-hybridized carbons (Fsp3) is 0.769. The second-order valence-electron chi connectivity index (χ2n) is 5.74. The van der Waals surface area contributed by atoms with Gasteiger partial charge in [-0.05, 0) is 24.6 Å². The molecule has 0 aromatic rings. The molecule has 0 rings (SSSR count). The van der Waals surface area contributed by atoms with Crippen LogP contribution in [0.3, 0.4) is 0 Å². The van der Waals surface area contributed by atoms with Crippen molar-refractivity contribution in [3.8, 4) is 6.07 Å². The number of rotatable bonds is 5. The summed E-state index contributed by atoms with van der Waals surface area (Å²) < 4.78 is 6.10. The molecule has 0 N–H and O–H groups in total. The Hall–Kier alpha value is -0.593. The first-order chi connectivity index (χ1) is 7.19. The lowest BCUT2D eigenvalue weighted by Gasteiger charge is -2.38. The maximum Gasteiger partial charge on any atom is 0.193 e. The Morgan fingerprint density at radius 1 is 1.44 bits per heavy atom. The van der Waals surface area contributed by atoms with Crippen molar-refractivity contribution >= 4 is 8.32 Å². The van der Waals surface area contributed by atoms with Gasteiger partial charge in [0.1, 0.15) is 6.10 Å². The van der Waals surface area contributed by atoms with E-state index >= 15 is 0 Å². The van der Waals surface area contributed by atoms with Gasteiger partial charge in [0.05, 0.1) is 6.07 Å². The SMILES string of the molecule is C=C[C@H](CC)[C@H](C#N)O[Si](C)(C)C(C)(C)C. The van der Waals surface area contributed by atoms with Crippen LogP contribution in [-0.2, 0) is 4.43 Å². The van der Waals surface area contributed by atoms with Crippen molar-refractivity contribution in [2.24, 2.45) is 5.92 Å². The summed E-state index contributed by atoms with van der Waals surface area (Å²) in [6.45, 7) is 16.7. The predicted octanol–water partition coefficient (Wildman–Crippen LogP) is 4.11. The highest BCUT2D eigenvalue weighted by Crippen LogP contribution is 2.38. The highest BCUT2D eigenvalue weighted by atomic mass is 28.4. The van der Waals surface area contributed by atoms with Crippen molar-refractivity contribution in [2.75, 3.05) is 0 Å². The molecule has 0 aliphatic carbocycles. The van der Waals surface area contributed by atoms with E-state index in [0.29, 0.717) is 0 Å². The maximum atomic E-state index is 9.19. The van der Waals surface area contributed by atoms with E-state index in [1.54, 1.807) is 0 Å². The molecule has 3 heteroatoms. The van der Waals surface area contributed by atoms with Crippen molar-refractivity contribution in [1.29, 1.82) is 5.26 Å². The van der Waals surface area contributed by atoms with Crippen LogP contribution in [0.4, 0.5) is 0 Å². The van der Waals surface area contributed by atoms with Crippen LogP contribution in [0.1, 0.15) is 34.1 Å². The zero-order valence-corrected chi connectivity index (χ0v) is 12.5. The minimum Gasteiger partial charge on any atom is -0.401 e. The summed E-state index contributed by atoms with van der Waals surface area (Å²) in [5.74, 6) is 0.138. The molecule has 0 fully saturated rings. The Bertz CT molecular complexity index is 273. The van der Waals surface area contributed by atoms with E-state index in [1.165, 1.54) is 0 Å². The van der Waals surface area contributed by atoms with Crippen LogP contribution < -0.4 is 0 Å². The van der Waals surface area contributed by atoms with Gasteiger partial charge in [-0.3, -0.25) is 0 Å². The van der Waals surface area contributed by atoms with Gasteiger partial charge in [0.2, 0.25) is 0 Å². The predicted molar refractivity (Wildman–Crippen MR) is 71.7 cm³/mol. The van der Waals surface area contributed by atoms with Gasteiger partial charge in [-0.2, -0.15) is 5.26 Å². The van der Waals surface area contributed by atoms with Crippen LogP contribution in [0.15, 0.2) is 12.7 Å². The first-order valence-electron chi connectivity index (χ1n) is 5.89. The first-order valence-corrected chi connectivity index (χ1v) is 8.80. The second kappa shape index (κ2) is 5.65. The molecule has 2 atom stereocenters. The van der Waals surface area contributed by atoms with Crippen molar-refractivity contribution in [3.63, 3.8) is 0 Å². The molecule has 2 nitrogen and oxygen atoms in total. The highest BCUT2D eigenvalue weighted by molar-refractivity contribution is 6.74. The molecule has 0 saturated carbocycles. The minimum absolute atomic E-state index is 0.138. The van der Waals surface area contributed by atoms with Gasteiger partial charge in [0, 0.05) is 5.92 Å². The van der Waals surface area contributed by atoms with Gasteiger partial charge in [0.15, 0.2) is 8.32 Å². The molecule has 0 aliphatic rings. The molecule has 0 unspecified atom stereocenters. The highest BCUT2D eigenvalue weighted by Gasteiger charge is 2.40. The van der Waals surface area contributed by atoms with Gasteiger partial charge in [-0.1, -0.05) is 33.8 Å². The molecular weight excluding hydrogens is 214 g/mol. The molecule has 0 saturated heterocycles. The van der Waals surface area contributed by atoms with Crippen LogP contribution in [0, 0.1) is 17.2 Å². The van der Waals surface area contributed by atoms with E-state index in [-0.39, 0.29) is 17.1 Å². The van der Waals surface area contributed by atoms with E-state index in [9.17, 15) is 5.26 Å². The molecular formula is C13H25NOSi. The molecule has 92 valence electrons. The summed E-state index contributed by atoms with van der Waals surface area (Å²) in [5.41, 5.74) is 0. The molecule has 16 heavy (non-hydrogen) atoms. The van der Waals surface area contributed by atoms with Crippen molar-refractivity contribution < 1.29 is 4.43 Å². The summed E-state index contributed by atoms with van der Waals surface area (Å²) in [6, 6.07) is 2.27. The zero-order chi connectivity index (χ0) is 13.0. The molecule has 0 radical (unpaired) electrons. The van der Waals surface area contributed by atoms with Gasteiger partial charge < -0.3 is 4.43 Å². The number of hydrogen-bond acceptors (Lipinski definition) is 2. The molecule has 0 bridgehead atoms. The summed E-state index contributed by atoms with van der Waals surface area (Å²) >= 11 is 0. The first kappa shape index (κ1) is 15.4. The van der Waals surface area contributed by atoms with Crippen LogP contribution in [0.5, 0.6) is 0 Å². The van der Waals surface area contributed by atoms with Crippen molar-refractivity contribution in [2.45, 2.75) is 58.4 Å². The zero-order valence-electron chi connectivity index (χ0n) is 11.5. The number of nitrogens with zero attached hydrogens (tertiary/aromatic N) is 1. The van der Waals surface area contributed by atoms with Crippen LogP contribution in [0.2, 0.25) is 18.1 Å². The Morgan fingerprint density at radius 2 is 1.94 bits per heavy atom. The lowest BCUT2D eigenvalue weighted by Crippen LogP contribution is -2.45. The van der Waals surface area contributed by atoms with Gasteiger partial charge in [-0.15, -0.1) is 6.58 Å². The lowest BCUT2D eigenvalue weighted by atomic mass is 10.0. The lowest BCUT2D eigenvalue weighted by molar-refractivity contribution is 0.186. The summed E-state index contributed by atoms with van der Waals surface area (Å²) in [6.07, 6.45) is 2.39.